The molecule has 0 fully saturated rings. The van der Waals surface area contributed by atoms with Crippen LogP contribution in [0.15, 0.2) is 42.6 Å². The first-order valence-corrected chi connectivity index (χ1v) is 6.42. The molecule has 21 heavy (non-hydrogen) atoms. The van der Waals surface area contributed by atoms with E-state index in [0.717, 1.165) is 0 Å². The molecule has 0 radical (unpaired) electrons. The molecule has 1 aromatic heterocycles. The zero-order chi connectivity index (χ0) is 15.5. The fourth-order valence-electron chi connectivity index (χ4n) is 1.96. The molecule has 0 saturated heterocycles. The van der Waals surface area contributed by atoms with Gasteiger partial charge in [-0.3, -0.25) is 4.98 Å². The number of alkyl halides is 3. The van der Waals surface area contributed by atoms with Crippen LogP contribution in [-0.2, 0) is 0 Å². The average Bonchev–Trinajstić information content (AvgIpc) is 2.42. The van der Waals surface area contributed by atoms with Crippen LogP contribution in [0.2, 0.25) is 5.02 Å². The quantitative estimate of drug-likeness (QED) is 0.927. The monoisotopic (exact) mass is 316 g/mol. The van der Waals surface area contributed by atoms with E-state index in [2.05, 4.69) is 15.0 Å². The second-order valence-electron chi connectivity index (χ2n) is 4.21. The van der Waals surface area contributed by atoms with Crippen molar-refractivity contribution in [1.82, 2.24) is 10.3 Å². The molecule has 0 aliphatic heterocycles. The fourth-order valence-corrected chi connectivity index (χ4v) is 2.07. The molecule has 0 aliphatic carbocycles. The average molecular weight is 317 g/mol. The number of para-hydroxylation sites is 1. The lowest BCUT2D eigenvalue weighted by Gasteiger charge is -2.20. The van der Waals surface area contributed by atoms with Gasteiger partial charge in [-0.1, -0.05) is 29.8 Å². The van der Waals surface area contributed by atoms with E-state index in [4.69, 9.17) is 11.6 Å². The Kier molecular flexibility index (Phi) is 4.69. The van der Waals surface area contributed by atoms with Gasteiger partial charge < -0.3 is 10.1 Å². The highest BCUT2D eigenvalue weighted by Crippen LogP contribution is 2.32. The number of hydrogen-bond acceptors (Lipinski definition) is 3. The zero-order valence-electron chi connectivity index (χ0n) is 11.0. The Morgan fingerprint density at radius 2 is 1.90 bits per heavy atom. The van der Waals surface area contributed by atoms with Crippen molar-refractivity contribution in [1.29, 1.82) is 0 Å². The smallest absolute Gasteiger partial charge is 0.405 e. The summed E-state index contributed by atoms with van der Waals surface area (Å²) in [6, 6.07) is 8.67. The summed E-state index contributed by atoms with van der Waals surface area (Å²) < 4.78 is 41.5. The van der Waals surface area contributed by atoms with E-state index in [0.29, 0.717) is 16.3 Å². The Morgan fingerprint density at radius 3 is 2.48 bits per heavy atom. The number of rotatable bonds is 4. The van der Waals surface area contributed by atoms with Gasteiger partial charge in [0, 0.05) is 11.8 Å². The molecule has 1 unspecified atom stereocenters. The van der Waals surface area contributed by atoms with Crippen LogP contribution in [0.3, 0.4) is 0 Å². The SMILES string of the molecule is CNC(c1ccc(Cl)cn1)c1ccccc1OC(F)(F)F. The largest absolute Gasteiger partial charge is 0.573 e. The molecule has 2 aromatic rings. The summed E-state index contributed by atoms with van der Waals surface area (Å²) in [6.07, 6.45) is -3.31. The second kappa shape index (κ2) is 6.32. The fraction of sp³-hybridized carbons (Fsp3) is 0.214. The first-order chi connectivity index (χ1) is 9.90. The van der Waals surface area contributed by atoms with Crippen LogP contribution in [0.4, 0.5) is 13.2 Å². The molecule has 0 amide bonds. The van der Waals surface area contributed by atoms with E-state index < -0.39 is 12.4 Å². The van der Waals surface area contributed by atoms with Crippen molar-refractivity contribution < 1.29 is 17.9 Å². The third-order valence-corrected chi connectivity index (χ3v) is 3.01. The van der Waals surface area contributed by atoms with Crippen molar-refractivity contribution in [2.45, 2.75) is 12.4 Å². The molecule has 3 nitrogen and oxygen atoms in total. The molecule has 112 valence electrons. The summed E-state index contributed by atoms with van der Waals surface area (Å²) in [5.74, 6) is -0.263. The van der Waals surface area contributed by atoms with Crippen molar-refractivity contribution in [2.75, 3.05) is 7.05 Å². The molecule has 1 aromatic carbocycles. The lowest BCUT2D eigenvalue weighted by Crippen LogP contribution is -2.23. The van der Waals surface area contributed by atoms with Crippen LogP contribution in [0.25, 0.3) is 0 Å². The van der Waals surface area contributed by atoms with Gasteiger partial charge in [0.05, 0.1) is 16.8 Å². The van der Waals surface area contributed by atoms with E-state index in [-0.39, 0.29) is 5.75 Å². The van der Waals surface area contributed by atoms with Crippen LogP contribution >= 0.6 is 11.6 Å². The molecule has 0 saturated carbocycles. The number of hydrogen-bond donors (Lipinski definition) is 1. The molecular weight excluding hydrogens is 305 g/mol. The van der Waals surface area contributed by atoms with E-state index >= 15 is 0 Å². The highest BCUT2D eigenvalue weighted by atomic mass is 35.5. The number of halogens is 4. The minimum atomic E-state index is -4.75. The standard InChI is InChI=1S/C14H12ClF3N2O/c1-19-13(11-7-6-9(15)8-20-11)10-4-2-3-5-12(10)21-14(16,17)18/h2-8,13,19H,1H3. The summed E-state index contributed by atoms with van der Waals surface area (Å²) in [7, 11) is 1.63. The highest BCUT2D eigenvalue weighted by molar-refractivity contribution is 6.30. The molecular formula is C14H12ClF3N2O. The van der Waals surface area contributed by atoms with Crippen LogP contribution in [0.5, 0.6) is 5.75 Å². The molecule has 0 spiro atoms. The van der Waals surface area contributed by atoms with Crippen LogP contribution in [0, 0.1) is 0 Å². The van der Waals surface area contributed by atoms with Crippen LogP contribution < -0.4 is 10.1 Å². The summed E-state index contributed by atoms with van der Waals surface area (Å²) in [6.45, 7) is 0. The van der Waals surface area contributed by atoms with E-state index in [1.807, 2.05) is 0 Å². The Labute approximate surface area is 124 Å². The van der Waals surface area contributed by atoms with E-state index in [9.17, 15) is 13.2 Å². The predicted molar refractivity (Wildman–Crippen MR) is 73.3 cm³/mol. The number of pyridine rings is 1. The molecule has 7 heteroatoms. The zero-order valence-corrected chi connectivity index (χ0v) is 11.7. The van der Waals surface area contributed by atoms with Gasteiger partial charge in [0.15, 0.2) is 0 Å². The van der Waals surface area contributed by atoms with Crippen LogP contribution in [0.1, 0.15) is 17.3 Å². The topological polar surface area (TPSA) is 34.2 Å². The molecule has 1 N–H and O–H groups in total. The Balaban J connectivity index is 2.40. The Bertz CT molecular complexity index is 602. The number of aromatic nitrogens is 1. The summed E-state index contributed by atoms with van der Waals surface area (Å²) >= 11 is 5.77. The van der Waals surface area contributed by atoms with Gasteiger partial charge in [0.25, 0.3) is 0 Å². The minimum Gasteiger partial charge on any atom is -0.405 e. The lowest BCUT2D eigenvalue weighted by molar-refractivity contribution is -0.275. The molecule has 0 bridgehead atoms. The summed E-state index contributed by atoms with van der Waals surface area (Å²) in [5.41, 5.74) is 0.882. The number of nitrogens with zero attached hydrogens (tertiary/aromatic N) is 1. The molecule has 2 rings (SSSR count). The lowest BCUT2D eigenvalue weighted by atomic mass is 10.0. The molecule has 0 aliphatic rings. The Morgan fingerprint density at radius 1 is 1.19 bits per heavy atom. The van der Waals surface area contributed by atoms with Crippen LogP contribution in [-0.4, -0.2) is 18.4 Å². The normalized spacial score (nSPS) is 13.0. The maximum Gasteiger partial charge on any atom is 0.573 e. The van der Waals surface area contributed by atoms with Gasteiger partial charge in [-0.15, -0.1) is 13.2 Å². The molecule has 1 heterocycles. The maximum atomic E-state index is 12.5. The van der Waals surface area contributed by atoms with Gasteiger partial charge in [0.2, 0.25) is 0 Å². The van der Waals surface area contributed by atoms with E-state index in [1.54, 1.807) is 31.3 Å². The van der Waals surface area contributed by atoms with Gasteiger partial charge >= 0.3 is 6.36 Å². The van der Waals surface area contributed by atoms with Crippen molar-refractivity contribution in [3.05, 3.63) is 58.9 Å². The summed E-state index contributed by atoms with van der Waals surface area (Å²) in [4.78, 5) is 4.13. The maximum absolute atomic E-state index is 12.5. The van der Waals surface area contributed by atoms with Gasteiger partial charge in [0.1, 0.15) is 5.75 Å². The summed E-state index contributed by atoms with van der Waals surface area (Å²) in [5, 5.41) is 3.38. The predicted octanol–water partition coefficient (Wildman–Crippen LogP) is 3.94. The minimum absolute atomic E-state index is 0.263. The molecule has 1 atom stereocenters. The third kappa shape index (κ3) is 4.09. The van der Waals surface area contributed by atoms with Crippen molar-refractivity contribution >= 4 is 11.6 Å². The number of ether oxygens (including phenoxy) is 1. The number of nitrogens with one attached hydrogen (secondary N) is 1. The first-order valence-electron chi connectivity index (χ1n) is 6.04. The van der Waals surface area contributed by atoms with Crippen molar-refractivity contribution in [3.8, 4) is 5.75 Å². The Hall–Kier alpha value is -1.79. The highest BCUT2D eigenvalue weighted by Gasteiger charge is 2.33. The van der Waals surface area contributed by atoms with Gasteiger partial charge in [-0.25, -0.2) is 0 Å². The van der Waals surface area contributed by atoms with E-state index in [1.165, 1.54) is 18.3 Å². The first kappa shape index (κ1) is 15.6. The van der Waals surface area contributed by atoms with Gasteiger partial charge in [-0.2, -0.15) is 0 Å². The second-order valence-corrected chi connectivity index (χ2v) is 4.65. The van der Waals surface area contributed by atoms with Crippen molar-refractivity contribution in [2.24, 2.45) is 0 Å². The van der Waals surface area contributed by atoms with Crippen molar-refractivity contribution in [3.63, 3.8) is 0 Å². The van der Waals surface area contributed by atoms with Gasteiger partial charge in [-0.05, 0) is 25.2 Å². The third-order valence-electron chi connectivity index (χ3n) is 2.79. The number of benzene rings is 1.